The number of nitro benzene ring substituents is 1. The summed E-state index contributed by atoms with van der Waals surface area (Å²) in [5.41, 5.74) is 0.661. The standard InChI is InChI=1S/C32H31N3O11S/c1-39-21-16-22(40-2)26-23(17-21)45-28(19-14-24(41-3)29(43-5)25(15-19)42-4)30(27(26)36)44-11-6-7-12-47-32-34-33-31(46-32)18-9-8-10-20(13-18)35(37)38/h8-10,13-17H,6-7,11-12H2,1-5H3. The Hall–Kier alpha value is -5.44. The van der Waals surface area contributed by atoms with Gasteiger partial charge in [-0.2, -0.15) is 0 Å². The summed E-state index contributed by atoms with van der Waals surface area (Å²) >= 11 is 1.34. The Balaban J connectivity index is 1.36. The van der Waals surface area contributed by atoms with Crippen molar-refractivity contribution in [3.63, 3.8) is 0 Å². The summed E-state index contributed by atoms with van der Waals surface area (Å²) in [6, 6.07) is 12.5. The highest BCUT2D eigenvalue weighted by molar-refractivity contribution is 7.99. The van der Waals surface area contributed by atoms with Crippen LogP contribution < -0.4 is 33.8 Å². The average Bonchev–Trinajstić information content (AvgIpc) is 3.58. The average molecular weight is 666 g/mol. The molecule has 3 aromatic carbocycles. The van der Waals surface area contributed by atoms with Crippen molar-refractivity contribution in [3.05, 3.63) is 68.9 Å². The molecule has 15 heteroatoms. The van der Waals surface area contributed by atoms with Crippen molar-refractivity contribution < 1.29 is 42.2 Å². The summed E-state index contributed by atoms with van der Waals surface area (Å²) in [4.78, 5) is 24.5. The van der Waals surface area contributed by atoms with E-state index < -0.39 is 10.4 Å². The van der Waals surface area contributed by atoms with Crippen LogP contribution in [-0.4, -0.2) is 63.0 Å². The summed E-state index contributed by atoms with van der Waals surface area (Å²) in [6.45, 7) is 0.190. The van der Waals surface area contributed by atoms with Crippen molar-refractivity contribution in [2.45, 2.75) is 18.1 Å². The van der Waals surface area contributed by atoms with Gasteiger partial charge in [-0.3, -0.25) is 14.9 Å². The lowest BCUT2D eigenvalue weighted by atomic mass is 10.1. The van der Waals surface area contributed by atoms with Crippen LogP contribution in [0.3, 0.4) is 0 Å². The van der Waals surface area contributed by atoms with Crippen LogP contribution >= 0.6 is 11.8 Å². The second-order valence-electron chi connectivity index (χ2n) is 9.79. The van der Waals surface area contributed by atoms with Gasteiger partial charge in [0.15, 0.2) is 17.3 Å². The van der Waals surface area contributed by atoms with Gasteiger partial charge in [-0.15, -0.1) is 10.2 Å². The Labute approximate surface area is 272 Å². The van der Waals surface area contributed by atoms with E-state index in [4.69, 9.17) is 37.3 Å². The van der Waals surface area contributed by atoms with Crippen LogP contribution in [0.2, 0.25) is 0 Å². The summed E-state index contributed by atoms with van der Waals surface area (Å²) in [5, 5.41) is 19.6. The first-order valence-corrected chi connectivity index (χ1v) is 15.2. The lowest BCUT2D eigenvalue weighted by Crippen LogP contribution is -2.12. The largest absolute Gasteiger partial charge is 0.496 e. The van der Waals surface area contributed by atoms with Crippen molar-refractivity contribution in [1.29, 1.82) is 0 Å². The molecule has 2 aromatic heterocycles. The summed E-state index contributed by atoms with van der Waals surface area (Å²) < 4.78 is 45.5. The van der Waals surface area contributed by atoms with Crippen LogP contribution in [0.5, 0.6) is 34.5 Å². The number of methoxy groups -OCH3 is 5. The van der Waals surface area contributed by atoms with E-state index in [1.807, 2.05) is 0 Å². The number of fused-ring (bicyclic) bond motifs is 1. The molecule has 0 aliphatic heterocycles. The summed E-state index contributed by atoms with van der Waals surface area (Å²) in [5.74, 6) is 2.77. The first-order chi connectivity index (χ1) is 22.8. The Kier molecular flexibility index (Phi) is 10.3. The van der Waals surface area contributed by atoms with E-state index in [9.17, 15) is 14.9 Å². The smallest absolute Gasteiger partial charge is 0.276 e. The number of benzene rings is 3. The van der Waals surface area contributed by atoms with Crippen molar-refractivity contribution in [1.82, 2.24) is 10.2 Å². The van der Waals surface area contributed by atoms with E-state index in [-0.39, 0.29) is 46.4 Å². The van der Waals surface area contributed by atoms with Gasteiger partial charge in [-0.25, -0.2) is 0 Å². The number of aromatic nitrogens is 2. The molecule has 0 amide bonds. The lowest BCUT2D eigenvalue weighted by Gasteiger charge is -2.17. The van der Waals surface area contributed by atoms with E-state index in [0.29, 0.717) is 57.9 Å². The van der Waals surface area contributed by atoms with Gasteiger partial charge in [-0.1, -0.05) is 17.8 Å². The van der Waals surface area contributed by atoms with Gasteiger partial charge in [0, 0.05) is 41.1 Å². The molecule has 0 radical (unpaired) electrons. The molecule has 0 N–H and O–H groups in total. The quantitative estimate of drug-likeness (QED) is 0.0520. The van der Waals surface area contributed by atoms with Gasteiger partial charge in [-0.05, 0) is 31.0 Å². The fourth-order valence-electron chi connectivity index (χ4n) is 4.73. The maximum atomic E-state index is 14.0. The summed E-state index contributed by atoms with van der Waals surface area (Å²) in [7, 11) is 7.44. The third kappa shape index (κ3) is 7.04. The molecule has 0 unspecified atom stereocenters. The third-order valence-electron chi connectivity index (χ3n) is 6.99. The van der Waals surface area contributed by atoms with E-state index >= 15 is 0 Å². The number of rotatable bonds is 15. The Morgan fingerprint density at radius 1 is 0.809 bits per heavy atom. The zero-order chi connectivity index (χ0) is 33.5. The zero-order valence-corrected chi connectivity index (χ0v) is 27.0. The highest BCUT2D eigenvalue weighted by atomic mass is 32.2. The number of ether oxygens (including phenoxy) is 6. The monoisotopic (exact) mass is 665 g/mol. The van der Waals surface area contributed by atoms with E-state index in [2.05, 4.69) is 10.2 Å². The molecule has 0 bridgehead atoms. The number of nitrogens with zero attached hydrogens (tertiary/aromatic N) is 3. The molecule has 0 saturated carbocycles. The molecule has 5 aromatic rings. The van der Waals surface area contributed by atoms with Crippen LogP contribution in [0, 0.1) is 10.1 Å². The Bertz CT molecular complexity index is 1930. The van der Waals surface area contributed by atoms with Gasteiger partial charge in [0.25, 0.3) is 10.9 Å². The van der Waals surface area contributed by atoms with Crippen LogP contribution in [0.25, 0.3) is 33.7 Å². The highest BCUT2D eigenvalue weighted by Crippen LogP contribution is 2.44. The van der Waals surface area contributed by atoms with E-state index in [1.165, 1.54) is 59.4 Å². The van der Waals surface area contributed by atoms with Crippen molar-refractivity contribution >= 4 is 28.4 Å². The second kappa shape index (κ2) is 14.8. The SMILES string of the molecule is COc1cc(OC)c2c(=O)c(OCCCCSc3nnc(-c4cccc([N+](=O)[O-])c4)o3)c(-c3cc(OC)c(OC)c(OC)c3)oc2c1. The predicted molar refractivity (Wildman–Crippen MR) is 173 cm³/mol. The molecule has 0 spiro atoms. The minimum Gasteiger partial charge on any atom is -0.496 e. The molecule has 0 fully saturated rings. The maximum absolute atomic E-state index is 14.0. The zero-order valence-electron chi connectivity index (χ0n) is 26.2. The van der Waals surface area contributed by atoms with Crippen LogP contribution in [-0.2, 0) is 0 Å². The highest BCUT2D eigenvalue weighted by Gasteiger charge is 2.24. The van der Waals surface area contributed by atoms with Gasteiger partial charge < -0.3 is 37.3 Å². The van der Waals surface area contributed by atoms with Crippen molar-refractivity contribution in [2.75, 3.05) is 47.9 Å². The second-order valence-corrected chi connectivity index (χ2v) is 10.8. The van der Waals surface area contributed by atoms with Crippen LogP contribution in [0.15, 0.2) is 67.4 Å². The molecular weight excluding hydrogens is 634 g/mol. The van der Waals surface area contributed by atoms with Gasteiger partial charge in [0.1, 0.15) is 22.5 Å². The number of thioether (sulfide) groups is 1. The van der Waals surface area contributed by atoms with E-state index in [1.54, 1.807) is 36.4 Å². The predicted octanol–water partition coefficient (Wildman–Crippen LogP) is 6.41. The van der Waals surface area contributed by atoms with Crippen molar-refractivity contribution in [2.24, 2.45) is 0 Å². The number of hydrogen-bond acceptors (Lipinski definition) is 14. The fourth-order valence-corrected chi connectivity index (χ4v) is 5.49. The minimum atomic E-state index is -0.485. The minimum absolute atomic E-state index is 0.0126. The van der Waals surface area contributed by atoms with Gasteiger partial charge >= 0.3 is 0 Å². The molecular formula is C32H31N3O11S. The maximum Gasteiger partial charge on any atom is 0.276 e. The fraction of sp³-hybridized carbons (Fsp3) is 0.281. The molecule has 0 atom stereocenters. The topological polar surface area (TPSA) is 168 Å². The van der Waals surface area contributed by atoms with E-state index in [0.717, 1.165) is 0 Å². The third-order valence-corrected chi connectivity index (χ3v) is 7.90. The van der Waals surface area contributed by atoms with Gasteiger partial charge in [0.05, 0.1) is 47.1 Å². The number of nitro groups is 1. The van der Waals surface area contributed by atoms with Crippen molar-refractivity contribution in [3.8, 4) is 57.3 Å². The lowest BCUT2D eigenvalue weighted by molar-refractivity contribution is -0.384. The molecule has 246 valence electrons. The van der Waals surface area contributed by atoms with Gasteiger partial charge in [0.2, 0.25) is 22.8 Å². The Morgan fingerprint density at radius 3 is 2.21 bits per heavy atom. The number of non-ortho nitro benzene ring substituents is 1. The first kappa shape index (κ1) is 32.9. The molecule has 0 aliphatic rings. The normalized spacial score (nSPS) is 10.9. The molecule has 2 heterocycles. The molecule has 47 heavy (non-hydrogen) atoms. The first-order valence-electron chi connectivity index (χ1n) is 14.2. The number of hydrogen-bond donors (Lipinski definition) is 0. The summed E-state index contributed by atoms with van der Waals surface area (Å²) in [6.07, 6.45) is 1.25. The van der Waals surface area contributed by atoms with Crippen LogP contribution in [0.1, 0.15) is 12.8 Å². The molecule has 14 nitrogen and oxygen atoms in total. The molecule has 0 saturated heterocycles. The Morgan fingerprint density at radius 2 is 1.55 bits per heavy atom. The number of unbranched alkanes of at least 4 members (excludes halogenated alkanes) is 1. The van der Waals surface area contributed by atoms with Crippen LogP contribution in [0.4, 0.5) is 5.69 Å². The molecule has 0 aliphatic carbocycles. The molecule has 5 rings (SSSR count).